The van der Waals surface area contributed by atoms with Crippen molar-refractivity contribution in [1.82, 2.24) is 9.78 Å². The summed E-state index contributed by atoms with van der Waals surface area (Å²) in [7, 11) is 0. The van der Waals surface area contributed by atoms with Gasteiger partial charge in [0.15, 0.2) is 0 Å². The fourth-order valence-electron chi connectivity index (χ4n) is 2.46. The Labute approximate surface area is 120 Å². The van der Waals surface area contributed by atoms with Gasteiger partial charge in [-0.05, 0) is 37.8 Å². The number of aromatic carboxylic acids is 1. The van der Waals surface area contributed by atoms with Crippen LogP contribution in [0.1, 0.15) is 36.2 Å². The van der Waals surface area contributed by atoms with Crippen molar-refractivity contribution in [2.75, 3.05) is 0 Å². The molecule has 1 N–H and O–H groups in total. The maximum absolute atomic E-state index is 13.3. The zero-order valence-electron chi connectivity index (χ0n) is 11.4. The Morgan fingerprint density at radius 3 is 2.48 bits per heavy atom. The van der Waals surface area contributed by atoms with Crippen LogP contribution in [0.25, 0.3) is 11.3 Å². The van der Waals surface area contributed by atoms with Gasteiger partial charge >= 0.3 is 5.97 Å². The summed E-state index contributed by atoms with van der Waals surface area (Å²) in [4.78, 5) is 11.3. The van der Waals surface area contributed by atoms with Gasteiger partial charge in [-0.25, -0.2) is 13.6 Å². The molecule has 6 heteroatoms. The number of rotatable bonds is 4. The second kappa shape index (κ2) is 4.95. The van der Waals surface area contributed by atoms with Crippen LogP contribution in [0.4, 0.5) is 8.78 Å². The number of carboxylic acids is 1. The van der Waals surface area contributed by atoms with Crippen LogP contribution < -0.4 is 0 Å². The quantitative estimate of drug-likeness (QED) is 0.938. The second-order valence-corrected chi connectivity index (χ2v) is 5.41. The fraction of sp³-hybridized carbons (Fsp3) is 0.333. The predicted molar refractivity (Wildman–Crippen MR) is 72.0 cm³/mol. The highest BCUT2D eigenvalue weighted by atomic mass is 19.1. The zero-order valence-corrected chi connectivity index (χ0v) is 11.4. The van der Waals surface area contributed by atoms with Crippen LogP contribution in [-0.2, 0) is 0 Å². The van der Waals surface area contributed by atoms with E-state index in [4.69, 9.17) is 0 Å². The number of benzene rings is 1. The van der Waals surface area contributed by atoms with Crippen molar-refractivity contribution in [3.63, 3.8) is 0 Å². The molecule has 2 aromatic rings. The topological polar surface area (TPSA) is 55.1 Å². The van der Waals surface area contributed by atoms with Gasteiger partial charge in [0.25, 0.3) is 0 Å². The van der Waals surface area contributed by atoms with Crippen molar-refractivity contribution in [2.45, 2.75) is 25.8 Å². The summed E-state index contributed by atoms with van der Waals surface area (Å²) < 4.78 is 28.2. The lowest BCUT2D eigenvalue weighted by Gasteiger charge is -2.09. The largest absolute Gasteiger partial charge is 0.478 e. The molecule has 1 aliphatic carbocycles. The molecule has 21 heavy (non-hydrogen) atoms. The molecule has 0 bridgehead atoms. The van der Waals surface area contributed by atoms with Crippen molar-refractivity contribution in [1.29, 1.82) is 0 Å². The van der Waals surface area contributed by atoms with E-state index < -0.39 is 17.6 Å². The average Bonchev–Trinajstić information content (AvgIpc) is 3.14. The van der Waals surface area contributed by atoms with Gasteiger partial charge in [0.2, 0.25) is 0 Å². The highest BCUT2D eigenvalue weighted by Gasteiger charge is 2.31. The van der Waals surface area contributed by atoms with Crippen LogP contribution in [0.2, 0.25) is 0 Å². The number of hydrogen-bond donors (Lipinski definition) is 1. The molecule has 0 amide bonds. The molecule has 1 saturated carbocycles. The summed E-state index contributed by atoms with van der Waals surface area (Å²) in [6.07, 6.45) is 3.62. The summed E-state index contributed by atoms with van der Waals surface area (Å²) in [6, 6.07) is 3.00. The molecule has 1 atom stereocenters. The van der Waals surface area contributed by atoms with Gasteiger partial charge in [-0.3, -0.25) is 4.68 Å². The third-order valence-electron chi connectivity index (χ3n) is 3.82. The maximum Gasteiger partial charge on any atom is 0.339 e. The molecular weight excluding hydrogens is 278 g/mol. The minimum Gasteiger partial charge on any atom is -0.478 e. The predicted octanol–water partition coefficient (Wildman–Crippen LogP) is 3.50. The molecule has 1 aromatic carbocycles. The van der Waals surface area contributed by atoms with Crippen molar-refractivity contribution in [3.8, 4) is 11.3 Å². The summed E-state index contributed by atoms with van der Waals surface area (Å²) in [5, 5.41) is 13.5. The van der Waals surface area contributed by atoms with E-state index in [1.54, 1.807) is 4.68 Å². The molecule has 1 heterocycles. The van der Waals surface area contributed by atoms with Gasteiger partial charge in [-0.1, -0.05) is 0 Å². The average molecular weight is 292 g/mol. The van der Waals surface area contributed by atoms with Crippen LogP contribution in [0.5, 0.6) is 0 Å². The molecule has 4 nitrogen and oxygen atoms in total. The van der Waals surface area contributed by atoms with Crippen LogP contribution in [0.15, 0.2) is 24.4 Å². The summed E-state index contributed by atoms with van der Waals surface area (Å²) in [5.41, 5.74) is 0.174. The molecule has 1 fully saturated rings. The molecular formula is C15H14F2N2O2. The second-order valence-electron chi connectivity index (χ2n) is 5.41. The van der Waals surface area contributed by atoms with Crippen molar-refractivity contribution < 1.29 is 18.7 Å². The first kappa shape index (κ1) is 13.7. The monoisotopic (exact) mass is 292 g/mol. The van der Waals surface area contributed by atoms with Crippen molar-refractivity contribution in [3.05, 3.63) is 41.6 Å². The molecule has 0 aliphatic heterocycles. The summed E-state index contributed by atoms with van der Waals surface area (Å²) in [6.45, 7) is 1.96. The zero-order chi connectivity index (χ0) is 15.1. The van der Waals surface area contributed by atoms with Crippen LogP contribution in [0.3, 0.4) is 0 Å². The highest BCUT2D eigenvalue weighted by Crippen LogP contribution is 2.39. The molecule has 0 spiro atoms. The Bertz CT molecular complexity index is 687. The lowest BCUT2D eigenvalue weighted by Crippen LogP contribution is -2.07. The van der Waals surface area contributed by atoms with Gasteiger partial charge in [-0.15, -0.1) is 0 Å². The van der Waals surface area contributed by atoms with E-state index in [9.17, 15) is 18.7 Å². The molecule has 0 saturated heterocycles. The molecule has 3 rings (SSSR count). The number of carboxylic acid groups (broad SMARTS) is 1. The first-order valence-electron chi connectivity index (χ1n) is 6.74. The first-order chi connectivity index (χ1) is 9.95. The molecule has 0 radical (unpaired) electrons. The van der Waals surface area contributed by atoms with E-state index in [2.05, 4.69) is 5.10 Å². The number of nitrogens with zero attached hydrogens (tertiary/aromatic N) is 2. The van der Waals surface area contributed by atoms with Crippen LogP contribution in [-0.4, -0.2) is 20.9 Å². The lowest BCUT2D eigenvalue weighted by atomic mass is 10.1. The maximum atomic E-state index is 13.3. The van der Waals surface area contributed by atoms with Gasteiger partial charge in [0.05, 0.1) is 6.04 Å². The Kier molecular flexibility index (Phi) is 3.23. The summed E-state index contributed by atoms with van der Waals surface area (Å²) in [5.74, 6) is -2.19. The Morgan fingerprint density at radius 2 is 1.95 bits per heavy atom. The Balaban J connectivity index is 2.09. The molecule has 1 aromatic heterocycles. The van der Waals surface area contributed by atoms with E-state index >= 15 is 0 Å². The standard InChI is InChI=1S/C15H14F2N2O2/c1-8(9-2-3-9)19-7-13(15(20)21)14(18-19)10-4-11(16)6-12(17)5-10/h4-9H,2-3H2,1H3,(H,20,21). The summed E-state index contributed by atoms with van der Waals surface area (Å²) >= 11 is 0. The van der Waals surface area contributed by atoms with Crippen LogP contribution >= 0.6 is 0 Å². The Hall–Kier alpha value is -2.24. The number of aromatic nitrogens is 2. The molecule has 1 unspecified atom stereocenters. The minimum atomic E-state index is -1.16. The van der Waals surface area contributed by atoms with Crippen molar-refractivity contribution in [2.24, 2.45) is 5.92 Å². The number of hydrogen-bond acceptors (Lipinski definition) is 2. The SMILES string of the molecule is CC(C1CC1)n1cc(C(=O)O)c(-c2cc(F)cc(F)c2)n1. The third-order valence-corrected chi connectivity index (χ3v) is 3.82. The number of carbonyl (C=O) groups is 1. The van der Waals surface area contributed by atoms with E-state index in [-0.39, 0.29) is 22.9 Å². The smallest absolute Gasteiger partial charge is 0.339 e. The van der Waals surface area contributed by atoms with Gasteiger partial charge in [0, 0.05) is 17.8 Å². The van der Waals surface area contributed by atoms with Gasteiger partial charge in [0.1, 0.15) is 22.9 Å². The van der Waals surface area contributed by atoms with Gasteiger partial charge in [-0.2, -0.15) is 5.10 Å². The van der Waals surface area contributed by atoms with E-state index in [0.717, 1.165) is 31.0 Å². The Morgan fingerprint density at radius 1 is 1.33 bits per heavy atom. The minimum absolute atomic E-state index is 0.0486. The normalized spacial score (nSPS) is 16.0. The van der Waals surface area contributed by atoms with Crippen molar-refractivity contribution >= 4 is 5.97 Å². The molecule has 1 aliphatic rings. The lowest BCUT2D eigenvalue weighted by molar-refractivity contribution is 0.0697. The van der Waals surface area contributed by atoms with E-state index in [1.807, 2.05) is 6.92 Å². The fourth-order valence-corrected chi connectivity index (χ4v) is 2.46. The first-order valence-corrected chi connectivity index (χ1v) is 6.74. The molecule has 110 valence electrons. The number of halogens is 2. The third kappa shape index (κ3) is 2.66. The van der Waals surface area contributed by atoms with E-state index in [1.165, 1.54) is 6.20 Å². The highest BCUT2D eigenvalue weighted by molar-refractivity contribution is 5.94. The van der Waals surface area contributed by atoms with Crippen LogP contribution in [0, 0.1) is 17.6 Å². The van der Waals surface area contributed by atoms with E-state index in [0.29, 0.717) is 5.92 Å². The van der Waals surface area contributed by atoms with Gasteiger partial charge < -0.3 is 5.11 Å².